The van der Waals surface area contributed by atoms with E-state index in [0.29, 0.717) is 16.6 Å². The molecule has 0 radical (unpaired) electrons. The van der Waals surface area contributed by atoms with Crippen molar-refractivity contribution in [2.45, 2.75) is 13.3 Å². The molecule has 0 aliphatic rings. The van der Waals surface area contributed by atoms with Crippen LogP contribution in [0.2, 0.25) is 0 Å². The van der Waals surface area contributed by atoms with Gasteiger partial charge in [-0.05, 0) is 19.1 Å². The van der Waals surface area contributed by atoms with Crippen LogP contribution in [0, 0.1) is 6.92 Å². The third-order valence-electron chi connectivity index (χ3n) is 2.29. The van der Waals surface area contributed by atoms with Gasteiger partial charge in [0.05, 0.1) is 19.2 Å². The minimum absolute atomic E-state index is 0.0860. The summed E-state index contributed by atoms with van der Waals surface area (Å²) in [4.78, 5) is 27.0. The van der Waals surface area contributed by atoms with Crippen LogP contribution in [-0.2, 0) is 16.0 Å². The predicted molar refractivity (Wildman–Crippen MR) is 69.2 cm³/mol. The first kappa shape index (κ1) is 13.3. The zero-order chi connectivity index (χ0) is 13.8. The Morgan fingerprint density at radius 2 is 2.26 bits per heavy atom. The van der Waals surface area contributed by atoms with Gasteiger partial charge in [0, 0.05) is 5.38 Å². The molecule has 0 aliphatic carbocycles. The highest BCUT2D eigenvalue weighted by atomic mass is 32.1. The van der Waals surface area contributed by atoms with Gasteiger partial charge < -0.3 is 9.15 Å². The largest absolute Gasteiger partial charge is 0.469 e. The predicted octanol–water partition coefficient (Wildman–Crippen LogP) is 2.01. The SMILES string of the molecule is COC(=O)Cc1csc(NC(=O)c2ccc(C)o2)n1. The fourth-order valence-corrected chi connectivity index (χ4v) is 2.09. The van der Waals surface area contributed by atoms with Crippen molar-refractivity contribution in [2.24, 2.45) is 0 Å². The Labute approximate surface area is 113 Å². The van der Waals surface area contributed by atoms with Gasteiger partial charge in [0.15, 0.2) is 10.9 Å². The number of furan rings is 1. The van der Waals surface area contributed by atoms with Crippen LogP contribution in [0.5, 0.6) is 0 Å². The number of rotatable bonds is 4. The van der Waals surface area contributed by atoms with Crippen LogP contribution in [0.25, 0.3) is 0 Å². The van der Waals surface area contributed by atoms with E-state index in [-0.39, 0.29) is 24.1 Å². The quantitative estimate of drug-likeness (QED) is 0.866. The summed E-state index contributed by atoms with van der Waals surface area (Å²) < 4.78 is 9.74. The molecule has 6 nitrogen and oxygen atoms in total. The molecule has 2 heterocycles. The lowest BCUT2D eigenvalue weighted by atomic mass is 10.3. The van der Waals surface area contributed by atoms with Gasteiger partial charge >= 0.3 is 5.97 Å². The fourth-order valence-electron chi connectivity index (χ4n) is 1.38. The van der Waals surface area contributed by atoms with Gasteiger partial charge in [-0.1, -0.05) is 0 Å². The van der Waals surface area contributed by atoms with E-state index >= 15 is 0 Å². The van der Waals surface area contributed by atoms with Gasteiger partial charge in [0.2, 0.25) is 0 Å². The Kier molecular flexibility index (Phi) is 3.96. The van der Waals surface area contributed by atoms with E-state index in [2.05, 4.69) is 15.0 Å². The number of nitrogens with zero attached hydrogens (tertiary/aromatic N) is 1. The van der Waals surface area contributed by atoms with Crippen molar-refractivity contribution in [1.82, 2.24) is 4.98 Å². The number of methoxy groups -OCH3 is 1. The van der Waals surface area contributed by atoms with Gasteiger partial charge in [-0.25, -0.2) is 4.98 Å². The molecule has 1 N–H and O–H groups in total. The second kappa shape index (κ2) is 5.66. The Morgan fingerprint density at radius 3 is 2.89 bits per heavy atom. The van der Waals surface area contributed by atoms with Crippen molar-refractivity contribution in [1.29, 1.82) is 0 Å². The molecule has 0 fully saturated rings. The van der Waals surface area contributed by atoms with Crippen molar-refractivity contribution in [2.75, 3.05) is 12.4 Å². The third-order valence-corrected chi connectivity index (χ3v) is 3.10. The number of esters is 1. The highest BCUT2D eigenvalue weighted by molar-refractivity contribution is 7.14. The molecular formula is C12H12N2O4S. The summed E-state index contributed by atoms with van der Waals surface area (Å²) in [6.45, 7) is 1.76. The van der Waals surface area contributed by atoms with Gasteiger partial charge in [-0.3, -0.25) is 14.9 Å². The summed E-state index contributed by atoms with van der Waals surface area (Å²) in [6, 6.07) is 3.30. The van der Waals surface area contributed by atoms with Crippen LogP contribution in [0.1, 0.15) is 22.0 Å². The smallest absolute Gasteiger partial charge is 0.311 e. The Bertz CT molecular complexity index is 602. The summed E-state index contributed by atoms with van der Waals surface area (Å²) in [6.07, 6.45) is 0.0860. The number of hydrogen-bond donors (Lipinski definition) is 1. The molecule has 0 atom stereocenters. The van der Waals surface area contributed by atoms with Crippen molar-refractivity contribution in [3.8, 4) is 0 Å². The van der Waals surface area contributed by atoms with E-state index in [9.17, 15) is 9.59 Å². The molecule has 19 heavy (non-hydrogen) atoms. The number of thiazole rings is 1. The molecule has 0 spiro atoms. The summed E-state index contributed by atoms with van der Waals surface area (Å²) in [5, 5.41) is 4.71. The molecule has 0 saturated heterocycles. The van der Waals surface area contributed by atoms with E-state index in [0.717, 1.165) is 0 Å². The maximum absolute atomic E-state index is 11.8. The van der Waals surface area contributed by atoms with Crippen molar-refractivity contribution in [3.05, 3.63) is 34.7 Å². The van der Waals surface area contributed by atoms with E-state index in [4.69, 9.17) is 4.42 Å². The van der Waals surface area contributed by atoms with E-state index < -0.39 is 0 Å². The molecule has 0 unspecified atom stereocenters. The second-order valence-corrected chi connectivity index (χ2v) is 4.62. The summed E-state index contributed by atoms with van der Waals surface area (Å²) >= 11 is 1.24. The molecule has 0 saturated carbocycles. The van der Waals surface area contributed by atoms with Gasteiger partial charge in [-0.2, -0.15) is 0 Å². The van der Waals surface area contributed by atoms with Gasteiger partial charge in [-0.15, -0.1) is 11.3 Å². The van der Waals surface area contributed by atoms with Crippen LogP contribution >= 0.6 is 11.3 Å². The third kappa shape index (κ3) is 3.41. The first-order valence-electron chi connectivity index (χ1n) is 5.47. The highest BCUT2D eigenvalue weighted by Crippen LogP contribution is 2.17. The minimum atomic E-state index is -0.371. The molecule has 1 amide bonds. The number of hydrogen-bond acceptors (Lipinski definition) is 6. The standard InChI is InChI=1S/C12H12N2O4S/c1-7-3-4-9(18-7)11(16)14-12-13-8(6-19-12)5-10(15)17-2/h3-4,6H,5H2,1-2H3,(H,13,14,16). The Balaban J connectivity index is 2.00. The van der Waals surface area contributed by atoms with E-state index in [1.54, 1.807) is 24.4 Å². The molecule has 100 valence electrons. The number of carbonyl (C=O) groups excluding carboxylic acids is 2. The van der Waals surface area contributed by atoms with Crippen LogP contribution in [0.3, 0.4) is 0 Å². The van der Waals surface area contributed by atoms with Crippen molar-refractivity contribution < 1.29 is 18.7 Å². The van der Waals surface area contributed by atoms with Crippen LogP contribution in [-0.4, -0.2) is 24.0 Å². The maximum Gasteiger partial charge on any atom is 0.311 e. The second-order valence-electron chi connectivity index (χ2n) is 3.76. The lowest BCUT2D eigenvalue weighted by Gasteiger charge is -1.97. The number of amides is 1. The Hall–Kier alpha value is -2.15. The normalized spacial score (nSPS) is 10.2. The van der Waals surface area contributed by atoms with Crippen molar-refractivity contribution >= 4 is 28.3 Å². The van der Waals surface area contributed by atoms with Crippen LogP contribution < -0.4 is 5.32 Å². The summed E-state index contributed by atoms with van der Waals surface area (Å²) in [5.41, 5.74) is 0.558. The molecular weight excluding hydrogens is 268 g/mol. The number of carbonyl (C=O) groups is 2. The van der Waals surface area contributed by atoms with Gasteiger partial charge in [0.25, 0.3) is 5.91 Å². The lowest BCUT2D eigenvalue weighted by molar-refractivity contribution is -0.139. The first-order chi connectivity index (χ1) is 9.08. The molecule has 0 bridgehead atoms. The lowest BCUT2D eigenvalue weighted by Crippen LogP contribution is -2.11. The van der Waals surface area contributed by atoms with Crippen LogP contribution in [0.4, 0.5) is 5.13 Å². The monoisotopic (exact) mass is 280 g/mol. The summed E-state index contributed by atoms with van der Waals surface area (Å²) in [5.74, 6) is 0.148. The average Bonchev–Trinajstić information content (AvgIpc) is 2.98. The number of nitrogens with one attached hydrogen (secondary N) is 1. The van der Waals surface area contributed by atoms with Crippen LogP contribution in [0.15, 0.2) is 21.9 Å². The number of anilines is 1. The highest BCUT2D eigenvalue weighted by Gasteiger charge is 2.13. The minimum Gasteiger partial charge on any atom is -0.469 e. The molecule has 0 aromatic carbocycles. The number of ether oxygens (including phenoxy) is 1. The molecule has 2 rings (SSSR count). The fraction of sp³-hybridized carbons (Fsp3) is 0.250. The Morgan fingerprint density at radius 1 is 1.47 bits per heavy atom. The average molecular weight is 280 g/mol. The number of aryl methyl sites for hydroxylation is 1. The molecule has 7 heteroatoms. The molecule has 0 aliphatic heterocycles. The first-order valence-corrected chi connectivity index (χ1v) is 6.35. The van der Waals surface area contributed by atoms with E-state index in [1.807, 2.05) is 0 Å². The number of aromatic nitrogens is 1. The molecule has 2 aromatic rings. The summed E-state index contributed by atoms with van der Waals surface area (Å²) in [7, 11) is 1.32. The molecule has 2 aromatic heterocycles. The zero-order valence-corrected chi connectivity index (χ0v) is 11.2. The van der Waals surface area contributed by atoms with Crippen molar-refractivity contribution in [3.63, 3.8) is 0 Å². The zero-order valence-electron chi connectivity index (χ0n) is 10.4. The van der Waals surface area contributed by atoms with E-state index in [1.165, 1.54) is 18.4 Å². The van der Waals surface area contributed by atoms with Gasteiger partial charge in [0.1, 0.15) is 5.76 Å². The maximum atomic E-state index is 11.8. The topological polar surface area (TPSA) is 81.4 Å².